The average Bonchev–Trinajstić information content (AvgIpc) is 2.42. The Kier molecular flexibility index (Phi) is 4.50. The number of aryl methyl sites for hydroxylation is 1. The molecule has 19 heavy (non-hydrogen) atoms. The summed E-state index contributed by atoms with van der Waals surface area (Å²) in [6.07, 6.45) is 4.11. The lowest BCUT2D eigenvalue weighted by molar-refractivity contribution is 0.252. The number of aromatic nitrogens is 1. The summed E-state index contributed by atoms with van der Waals surface area (Å²) in [6, 6.07) is 11.5. The second kappa shape index (κ2) is 6.54. The van der Waals surface area contributed by atoms with E-state index in [-0.39, 0.29) is 6.03 Å². The van der Waals surface area contributed by atoms with Crippen LogP contribution in [0.2, 0.25) is 0 Å². The molecular weight excluding hydrogens is 238 g/mol. The Balaban J connectivity index is 1.77. The smallest absolute Gasteiger partial charge is 0.319 e. The van der Waals surface area contributed by atoms with E-state index >= 15 is 0 Å². The Morgan fingerprint density at radius 1 is 1.16 bits per heavy atom. The molecule has 0 fully saturated rings. The van der Waals surface area contributed by atoms with Crippen LogP contribution in [0, 0.1) is 6.92 Å². The molecular formula is C15H17N3O. The molecule has 2 N–H and O–H groups in total. The second-order valence-corrected chi connectivity index (χ2v) is 4.29. The molecule has 0 spiro atoms. The molecule has 2 aromatic rings. The number of hydrogen-bond acceptors (Lipinski definition) is 2. The molecule has 2 rings (SSSR count). The Bertz CT molecular complexity index is 540. The van der Waals surface area contributed by atoms with Crippen LogP contribution in [0.5, 0.6) is 0 Å². The number of rotatable bonds is 4. The van der Waals surface area contributed by atoms with Gasteiger partial charge in [-0.3, -0.25) is 4.98 Å². The third-order valence-corrected chi connectivity index (χ3v) is 2.88. The minimum Gasteiger partial charge on any atom is -0.338 e. The van der Waals surface area contributed by atoms with Crippen molar-refractivity contribution in [1.82, 2.24) is 10.3 Å². The maximum Gasteiger partial charge on any atom is 0.319 e. The number of anilines is 1. The maximum absolute atomic E-state index is 11.6. The molecule has 0 bridgehead atoms. The SMILES string of the molecule is Cc1ccccc1CCNC(=O)Nc1ccncc1. The third-order valence-electron chi connectivity index (χ3n) is 2.88. The van der Waals surface area contributed by atoms with E-state index in [9.17, 15) is 4.79 Å². The number of urea groups is 1. The molecule has 1 heterocycles. The number of pyridine rings is 1. The van der Waals surface area contributed by atoms with Crippen molar-refractivity contribution in [1.29, 1.82) is 0 Å². The molecule has 4 nitrogen and oxygen atoms in total. The lowest BCUT2D eigenvalue weighted by Gasteiger charge is -2.08. The summed E-state index contributed by atoms with van der Waals surface area (Å²) in [7, 11) is 0. The summed E-state index contributed by atoms with van der Waals surface area (Å²) in [5, 5.41) is 5.59. The Labute approximate surface area is 112 Å². The third kappa shape index (κ3) is 4.10. The first kappa shape index (κ1) is 13.1. The predicted octanol–water partition coefficient (Wildman–Crippen LogP) is 2.75. The fourth-order valence-corrected chi connectivity index (χ4v) is 1.81. The Hall–Kier alpha value is -2.36. The Morgan fingerprint density at radius 2 is 1.89 bits per heavy atom. The van der Waals surface area contributed by atoms with Crippen molar-refractivity contribution >= 4 is 11.7 Å². The van der Waals surface area contributed by atoms with Crippen LogP contribution in [0.3, 0.4) is 0 Å². The topological polar surface area (TPSA) is 54.0 Å². The lowest BCUT2D eigenvalue weighted by Crippen LogP contribution is -2.30. The van der Waals surface area contributed by atoms with Crippen LogP contribution in [0.15, 0.2) is 48.8 Å². The van der Waals surface area contributed by atoms with Crippen molar-refractivity contribution in [3.05, 3.63) is 59.9 Å². The molecule has 1 aromatic heterocycles. The fraction of sp³-hybridized carbons (Fsp3) is 0.200. The number of amides is 2. The molecule has 0 radical (unpaired) electrons. The zero-order valence-electron chi connectivity index (χ0n) is 10.9. The number of carbonyl (C=O) groups excluding carboxylic acids is 1. The van der Waals surface area contributed by atoms with Crippen LogP contribution in [0.25, 0.3) is 0 Å². The van der Waals surface area contributed by atoms with E-state index in [1.165, 1.54) is 11.1 Å². The van der Waals surface area contributed by atoms with Crippen molar-refractivity contribution in [3.63, 3.8) is 0 Å². The van der Waals surface area contributed by atoms with E-state index in [2.05, 4.69) is 34.7 Å². The van der Waals surface area contributed by atoms with Gasteiger partial charge in [-0.1, -0.05) is 24.3 Å². The van der Waals surface area contributed by atoms with Crippen molar-refractivity contribution < 1.29 is 4.79 Å². The molecule has 0 saturated heterocycles. The highest BCUT2D eigenvalue weighted by atomic mass is 16.2. The first-order valence-corrected chi connectivity index (χ1v) is 6.25. The maximum atomic E-state index is 11.6. The average molecular weight is 255 g/mol. The first-order valence-electron chi connectivity index (χ1n) is 6.25. The standard InChI is InChI=1S/C15H17N3O/c1-12-4-2-3-5-13(12)6-11-17-15(19)18-14-7-9-16-10-8-14/h2-5,7-10H,6,11H2,1H3,(H2,16,17,18,19). The molecule has 1 aromatic carbocycles. The van der Waals surface area contributed by atoms with Gasteiger partial charge >= 0.3 is 6.03 Å². The van der Waals surface area contributed by atoms with Gasteiger partial charge in [0.1, 0.15) is 0 Å². The van der Waals surface area contributed by atoms with Gasteiger partial charge in [-0.2, -0.15) is 0 Å². The molecule has 0 unspecified atom stereocenters. The highest BCUT2D eigenvalue weighted by Gasteiger charge is 2.01. The predicted molar refractivity (Wildman–Crippen MR) is 76.1 cm³/mol. The van der Waals surface area contributed by atoms with Crippen molar-refractivity contribution in [2.24, 2.45) is 0 Å². The van der Waals surface area contributed by atoms with Gasteiger partial charge in [0.2, 0.25) is 0 Å². The van der Waals surface area contributed by atoms with E-state index in [1.54, 1.807) is 24.5 Å². The molecule has 0 aliphatic heterocycles. The van der Waals surface area contributed by atoms with Gasteiger partial charge < -0.3 is 10.6 Å². The quantitative estimate of drug-likeness (QED) is 0.882. The van der Waals surface area contributed by atoms with Crippen LogP contribution < -0.4 is 10.6 Å². The summed E-state index contributed by atoms with van der Waals surface area (Å²) >= 11 is 0. The van der Waals surface area contributed by atoms with Gasteiger partial charge in [-0.15, -0.1) is 0 Å². The highest BCUT2D eigenvalue weighted by molar-refractivity contribution is 5.89. The lowest BCUT2D eigenvalue weighted by atomic mass is 10.1. The van der Waals surface area contributed by atoms with Crippen LogP contribution in [-0.4, -0.2) is 17.6 Å². The number of carbonyl (C=O) groups is 1. The number of hydrogen-bond donors (Lipinski definition) is 2. The molecule has 98 valence electrons. The number of nitrogens with zero attached hydrogens (tertiary/aromatic N) is 1. The molecule has 2 amide bonds. The van der Waals surface area contributed by atoms with Crippen LogP contribution >= 0.6 is 0 Å². The van der Waals surface area contributed by atoms with Gasteiger partial charge in [-0.05, 0) is 36.6 Å². The first-order chi connectivity index (χ1) is 9.25. The molecule has 0 atom stereocenters. The van der Waals surface area contributed by atoms with E-state index in [4.69, 9.17) is 0 Å². The monoisotopic (exact) mass is 255 g/mol. The van der Waals surface area contributed by atoms with Gasteiger partial charge in [0.15, 0.2) is 0 Å². The van der Waals surface area contributed by atoms with Crippen molar-refractivity contribution in [3.8, 4) is 0 Å². The largest absolute Gasteiger partial charge is 0.338 e. The fourth-order valence-electron chi connectivity index (χ4n) is 1.81. The highest BCUT2D eigenvalue weighted by Crippen LogP contribution is 2.07. The normalized spacial score (nSPS) is 9.95. The molecule has 0 saturated carbocycles. The summed E-state index contributed by atoms with van der Waals surface area (Å²) in [5.41, 5.74) is 3.24. The second-order valence-electron chi connectivity index (χ2n) is 4.29. The molecule has 4 heteroatoms. The zero-order valence-corrected chi connectivity index (χ0v) is 10.9. The van der Waals surface area contributed by atoms with Crippen LogP contribution in [-0.2, 0) is 6.42 Å². The summed E-state index contributed by atoms with van der Waals surface area (Å²) in [5.74, 6) is 0. The minimum atomic E-state index is -0.195. The number of nitrogens with one attached hydrogen (secondary N) is 2. The van der Waals surface area contributed by atoms with E-state index < -0.39 is 0 Å². The molecule has 0 aliphatic carbocycles. The van der Waals surface area contributed by atoms with Crippen LogP contribution in [0.4, 0.5) is 10.5 Å². The zero-order chi connectivity index (χ0) is 13.5. The summed E-state index contributed by atoms with van der Waals surface area (Å²) in [4.78, 5) is 15.5. The summed E-state index contributed by atoms with van der Waals surface area (Å²) < 4.78 is 0. The van der Waals surface area contributed by atoms with E-state index in [0.29, 0.717) is 6.54 Å². The number of benzene rings is 1. The van der Waals surface area contributed by atoms with E-state index in [1.807, 2.05) is 12.1 Å². The molecule has 0 aliphatic rings. The van der Waals surface area contributed by atoms with Gasteiger partial charge in [-0.25, -0.2) is 4.79 Å². The van der Waals surface area contributed by atoms with E-state index in [0.717, 1.165) is 12.1 Å². The van der Waals surface area contributed by atoms with Gasteiger partial charge in [0.25, 0.3) is 0 Å². The van der Waals surface area contributed by atoms with Gasteiger partial charge in [0.05, 0.1) is 0 Å². The van der Waals surface area contributed by atoms with Crippen molar-refractivity contribution in [2.45, 2.75) is 13.3 Å². The Morgan fingerprint density at radius 3 is 2.63 bits per heavy atom. The summed E-state index contributed by atoms with van der Waals surface area (Å²) in [6.45, 7) is 2.69. The van der Waals surface area contributed by atoms with Crippen molar-refractivity contribution in [2.75, 3.05) is 11.9 Å². The van der Waals surface area contributed by atoms with Gasteiger partial charge in [0, 0.05) is 24.6 Å². The minimum absolute atomic E-state index is 0.195. The van der Waals surface area contributed by atoms with Crippen LogP contribution in [0.1, 0.15) is 11.1 Å².